The first-order valence-electron chi connectivity index (χ1n) is 7.95. The van der Waals surface area contributed by atoms with Gasteiger partial charge in [0.15, 0.2) is 0 Å². The van der Waals surface area contributed by atoms with E-state index in [1.165, 1.54) is 6.07 Å². The molecule has 25 heavy (non-hydrogen) atoms. The van der Waals surface area contributed by atoms with Crippen molar-refractivity contribution in [2.75, 3.05) is 6.54 Å². The molecule has 6 heteroatoms. The normalized spacial score (nSPS) is 16.6. The maximum absolute atomic E-state index is 14.0. The van der Waals surface area contributed by atoms with Gasteiger partial charge in [-0.05, 0) is 17.7 Å². The van der Waals surface area contributed by atoms with E-state index in [2.05, 4.69) is 9.97 Å². The summed E-state index contributed by atoms with van der Waals surface area (Å²) in [6.07, 6.45) is 1.60. The van der Waals surface area contributed by atoms with E-state index in [4.69, 9.17) is 0 Å². The first-order chi connectivity index (χ1) is 12.1. The van der Waals surface area contributed by atoms with Crippen LogP contribution in [0, 0.1) is 11.6 Å². The van der Waals surface area contributed by atoms with Crippen molar-refractivity contribution >= 4 is 5.91 Å². The Morgan fingerprint density at radius 1 is 1.16 bits per heavy atom. The number of benzene rings is 2. The number of imidazole rings is 1. The van der Waals surface area contributed by atoms with E-state index in [1.54, 1.807) is 11.2 Å². The average Bonchev–Trinajstić information content (AvgIpc) is 3.09. The Morgan fingerprint density at radius 2 is 1.96 bits per heavy atom. The highest BCUT2D eigenvalue weighted by Crippen LogP contribution is 2.32. The maximum Gasteiger partial charge on any atom is 0.257 e. The van der Waals surface area contributed by atoms with Crippen LogP contribution in [0.15, 0.2) is 54.9 Å². The molecule has 0 saturated carbocycles. The molecule has 4 rings (SSSR count). The van der Waals surface area contributed by atoms with E-state index in [1.807, 2.05) is 30.3 Å². The maximum atomic E-state index is 14.0. The summed E-state index contributed by atoms with van der Waals surface area (Å²) in [7, 11) is 0. The summed E-state index contributed by atoms with van der Waals surface area (Å²) in [6, 6.07) is 12.8. The monoisotopic (exact) mass is 339 g/mol. The summed E-state index contributed by atoms with van der Waals surface area (Å²) in [5.74, 6) is -2.11. The number of rotatable bonds is 2. The summed E-state index contributed by atoms with van der Waals surface area (Å²) in [4.78, 5) is 21.8. The molecule has 0 aliphatic carbocycles. The Hall–Kier alpha value is -3.02. The zero-order chi connectivity index (χ0) is 17.4. The minimum Gasteiger partial charge on any atom is -0.347 e. The number of carbonyl (C=O) groups is 1. The molecule has 1 aliphatic rings. The van der Waals surface area contributed by atoms with Crippen molar-refractivity contribution in [1.29, 1.82) is 0 Å². The second kappa shape index (κ2) is 6.12. The Bertz CT molecular complexity index is 923. The van der Waals surface area contributed by atoms with Crippen molar-refractivity contribution in [3.63, 3.8) is 0 Å². The second-order valence-electron chi connectivity index (χ2n) is 6.04. The highest BCUT2D eigenvalue weighted by Gasteiger charge is 2.32. The number of amides is 1. The molecule has 0 radical (unpaired) electrons. The zero-order valence-corrected chi connectivity index (χ0v) is 13.2. The summed E-state index contributed by atoms with van der Waals surface area (Å²) < 4.78 is 27.1. The molecule has 0 bridgehead atoms. The summed E-state index contributed by atoms with van der Waals surface area (Å²) in [5.41, 5.74) is 2.63. The van der Waals surface area contributed by atoms with E-state index in [-0.39, 0.29) is 11.5 Å². The minimum absolute atomic E-state index is 0.0938. The van der Waals surface area contributed by atoms with E-state index in [9.17, 15) is 13.6 Å². The number of hydrogen-bond donors (Lipinski definition) is 1. The van der Waals surface area contributed by atoms with Gasteiger partial charge in [-0.25, -0.2) is 13.8 Å². The molecule has 1 unspecified atom stereocenters. The fourth-order valence-corrected chi connectivity index (χ4v) is 3.26. The van der Waals surface area contributed by atoms with E-state index < -0.39 is 17.5 Å². The van der Waals surface area contributed by atoms with Crippen molar-refractivity contribution in [1.82, 2.24) is 14.9 Å². The molecule has 1 aliphatic heterocycles. The predicted molar refractivity (Wildman–Crippen MR) is 88.0 cm³/mol. The molecule has 2 heterocycles. The van der Waals surface area contributed by atoms with Gasteiger partial charge in [0.1, 0.15) is 11.6 Å². The molecule has 1 N–H and O–H groups in total. The highest BCUT2D eigenvalue weighted by molar-refractivity contribution is 5.94. The van der Waals surface area contributed by atoms with Crippen molar-refractivity contribution in [3.8, 4) is 0 Å². The molecule has 2 aromatic carbocycles. The molecule has 4 nitrogen and oxygen atoms in total. The molecule has 0 spiro atoms. The molecule has 1 amide bonds. The van der Waals surface area contributed by atoms with Crippen LogP contribution in [-0.4, -0.2) is 27.3 Å². The van der Waals surface area contributed by atoms with Gasteiger partial charge < -0.3 is 9.88 Å². The number of nitrogens with zero attached hydrogens (tertiary/aromatic N) is 2. The van der Waals surface area contributed by atoms with Gasteiger partial charge in [-0.3, -0.25) is 4.79 Å². The van der Waals surface area contributed by atoms with Gasteiger partial charge in [-0.1, -0.05) is 30.3 Å². The lowest BCUT2D eigenvalue weighted by atomic mass is 9.90. The molecule has 1 atom stereocenters. The van der Waals surface area contributed by atoms with E-state index >= 15 is 0 Å². The Kier molecular flexibility index (Phi) is 3.80. The number of nitrogens with one attached hydrogen (secondary N) is 1. The Morgan fingerprint density at radius 3 is 2.72 bits per heavy atom. The molecule has 3 aromatic rings. The fraction of sp³-hybridized carbons (Fsp3) is 0.158. The lowest BCUT2D eigenvalue weighted by molar-refractivity contribution is 0.0717. The first-order valence-corrected chi connectivity index (χ1v) is 7.95. The average molecular weight is 339 g/mol. The third-order valence-electron chi connectivity index (χ3n) is 4.48. The van der Waals surface area contributed by atoms with Gasteiger partial charge in [0, 0.05) is 18.5 Å². The van der Waals surface area contributed by atoms with Crippen LogP contribution < -0.4 is 0 Å². The topological polar surface area (TPSA) is 49.0 Å². The lowest BCUT2D eigenvalue weighted by Crippen LogP contribution is -2.39. The van der Waals surface area contributed by atoms with Gasteiger partial charge in [0.25, 0.3) is 5.91 Å². The van der Waals surface area contributed by atoms with Crippen LogP contribution in [0.25, 0.3) is 0 Å². The Balaban J connectivity index is 1.69. The molecule has 0 fully saturated rings. The first kappa shape index (κ1) is 15.5. The number of aromatic nitrogens is 2. The summed E-state index contributed by atoms with van der Waals surface area (Å²) in [5, 5.41) is 0. The fourth-order valence-electron chi connectivity index (χ4n) is 3.26. The van der Waals surface area contributed by atoms with Crippen molar-refractivity contribution in [3.05, 3.63) is 89.0 Å². The zero-order valence-electron chi connectivity index (χ0n) is 13.2. The van der Waals surface area contributed by atoms with Crippen LogP contribution in [0.5, 0.6) is 0 Å². The standard InChI is InChI=1S/C19H15F2N3O/c20-13-6-7-14(16(21)8-13)19(25)24-9-15(12-4-2-1-3-5-12)18-17(10-24)22-11-23-18/h1-8,11,15H,9-10H2,(H,22,23). The van der Waals surface area contributed by atoms with Crippen LogP contribution in [0.2, 0.25) is 0 Å². The molecule has 1 aromatic heterocycles. The molecule has 126 valence electrons. The Labute approximate surface area is 143 Å². The van der Waals surface area contributed by atoms with E-state index in [0.717, 1.165) is 29.1 Å². The number of carbonyl (C=O) groups excluding carboxylic acids is 1. The van der Waals surface area contributed by atoms with Crippen molar-refractivity contribution in [2.24, 2.45) is 0 Å². The van der Waals surface area contributed by atoms with Gasteiger partial charge >= 0.3 is 0 Å². The van der Waals surface area contributed by atoms with Gasteiger partial charge in [-0.2, -0.15) is 0 Å². The number of hydrogen-bond acceptors (Lipinski definition) is 2. The molecule has 0 saturated heterocycles. The lowest BCUT2D eigenvalue weighted by Gasteiger charge is -2.32. The van der Waals surface area contributed by atoms with Crippen LogP contribution in [0.4, 0.5) is 8.78 Å². The largest absolute Gasteiger partial charge is 0.347 e. The third-order valence-corrected chi connectivity index (χ3v) is 4.48. The van der Waals surface area contributed by atoms with Gasteiger partial charge in [0.2, 0.25) is 0 Å². The quantitative estimate of drug-likeness (QED) is 0.777. The van der Waals surface area contributed by atoms with Crippen molar-refractivity contribution in [2.45, 2.75) is 12.5 Å². The van der Waals surface area contributed by atoms with Crippen LogP contribution in [-0.2, 0) is 6.54 Å². The van der Waals surface area contributed by atoms with Crippen LogP contribution >= 0.6 is 0 Å². The van der Waals surface area contributed by atoms with Crippen molar-refractivity contribution < 1.29 is 13.6 Å². The minimum atomic E-state index is -0.850. The van der Waals surface area contributed by atoms with Crippen LogP contribution in [0.3, 0.4) is 0 Å². The molecular weight excluding hydrogens is 324 g/mol. The van der Waals surface area contributed by atoms with Gasteiger partial charge in [0.05, 0.1) is 29.8 Å². The van der Waals surface area contributed by atoms with E-state index in [0.29, 0.717) is 13.1 Å². The summed E-state index contributed by atoms with van der Waals surface area (Å²) in [6.45, 7) is 0.700. The second-order valence-corrected chi connectivity index (χ2v) is 6.04. The predicted octanol–water partition coefficient (Wildman–Crippen LogP) is 3.48. The molecular formula is C19H15F2N3O. The smallest absolute Gasteiger partial charge is 0.257 e. The third kappa shape index (κ3) is 2.80. The number of H-pyrrole nitrogens is 1. The summed E-state index contributed by atoms with van der Waals surface area (Å²) >= 11 is 0. The van der Waals surface area contributed by atoms with Crippen LogP contribution in [0.1, 0.15) is 33.2 Å². The highest BCUT2D eigenvalue weighted by atomic mass is 19.1. The number of fused-ring (bicyclic) bond motifs is 1. The SMILES string of the molecule is O=C(c1ccc(F)cc1F)N1Cc2[nH]cnc2C(c2ccccc2)C1. The number of halogens is 2. The van der Waals surface area contributed by atoms with Gasteiger partial charge in [-0.15, -0.1) is 0 Å². The number of aromatic amines is 1.